The van der Waals surface area contributed by atoms with Crippen LogP contribution in [0.1, 0.15) is 36.0 Å². The normalized spacial score (nSPS) is 22.2. The molecule has 0 bridgehead atoms. The number of hydrogen-bond acceptors (Lipinski definition) is 4. The van der Waals surface area contributed by atoms with Gasteiger partial charge in [0.05, 0.1) is 6.54 Å². The summed E-state index contributed by atoms with van der Waals surface area (Å²) in [5.74, 6) is -0.647. The van der Waals surface area contributed by atoms with Crippen molar-refractivity contribution in [3.05, 3.63) is 29.8 Å². The van der Waals surface area contributed by atoms with Gasteiger partial charge in [0.2, 0.25) is 0 Å². The van der Waals surface area contributed by atoms with Crippen LogP contribution in [0.4, 0.5) is 8.78 Å². The van der Waals surface area contributed by atoms with Crippen molar-refractivity contribution in [2.24, 2.45) is 5.92 Å². The number of amides is 1. The number of rotatable bonds is 9. The molecule has 2 N–H and O–H groups in total. The predicted molar refractivity (Wildman–Crippen MR) is 89.3 cm³/mol. The third kappa shape index (κ3) is 5.14. The Bertz CT molecular complexity index is 660. The minimum atomic E-state index is -2.94. The molecule has 1 aromatic rings. The standard InChI is InChI=1S/C18H22F2N2O4/c19-18(20)26-15-3-1-2-12(6-15)17(25)21-13-7-14(8-13)22(10-16(23)24)9-11-4-5-11/h1-3,6,11,13-14,18H,4-5,7-10H2,(H,21,25)(H,23,24). The van der Waals surface area contributed by atoms with Crippen molar-refractivity contribution in [3.8, 4) is 5.75 Å². The summed E-state index contributed by atoms with van der Waals surface area (Å²) in [4.78, 5) is 25.3. The molecule has 3 rings (SSSR count). The van der Waals surface area contributed by atoms with Crippen molar-refractivity contribution >= 4 is 11.9 Å². The van der Waals surface area contributed by atoms with Gasteiger partial charge in [-0.05, 0) is 49.8 Å². The number of alkyl halides is 2. The van der Waals surface area contributed by atoms with Gasteiger partial charge in [0.1, 0.15) is 5.75 Å². The molecular formula is C18H22F2N2O4. The van der Waals surface area contributed by atoms with Gasteiger partial charge < -0.3 is 15.2 Å². The number of carboxylic acid groups (broad SMARTS) is 1. The molecule has 2 saturated carbocycles. The number of ether oxygens (including phenoxy) is 1. The zero-order valence-corrected chi connectivity index (χ0v) is 14.2. The van der Waals surface area contributed by atoms with Crippen LogP contribution < -0.4 is 10.1 Å². The quantitative estimate of drug-likeness (QED) is 0.700. The van der Waals surface area contributed by atoms with Crippen LogP contribution in [0.5, 0.6) is 5.75 Å². The lowest BCUT2D eigenvalue weighted by molar-refractivity contribution is -0.139. The van der Waals surface area contributed by atoms with E-state index in [1.165, 1.54) is 24.3 Å². The summed E-state index contributed by atoms with van der Waals surface area (Å²) >= 11 is 0. The number of hydrogen-bond donors (Lipinski definition) is 2. The number of aliphatic carboxylic acids is 1. The van der Waals surface area contributed by atoms with Gasteiger partial charge >= 0.3 is 12.6 Å². The number of halogens is 2. The lowest BCUT2D eigenvalue weighted by Gasteiger charge is -2.42. The Balaban J connectivity index is 1.49. The number of carbonyl (C=O) groups is 2. The molecule has 26 heavy (non-hydrogen) atoms. The van der Waals surface area contributed by atoms with Gasteiger partial charge in [-0.3, -0.25) is 14.5 Å². The van der Waals surface area contributed by atoms with Crippen molar-refractivity contribution in [3.63, 3.8) is 0 Å². The molecule has 142 valence electrons. The van der Waals surface area contributed by atoms with Crippen LogP contribution in [0.3, 0.4) is 0 Å². The SMILES string of the molecule is O=C(O)CN(CC1CC1)C1CC(NC(=O)c2cccc(OC(F)F)c2)C1. The first-order valence-corrected chi connectivity index (χ1v) is 8.72. The fraction of sp³-hybridized carbons (Fsp3) is 0.556. The average Bonchev–Trinajstić information content (AvgIpc) is 3.32. The fourth-order valence-corrected chi connectivity index (χ4v) is 3.23. The highest BCUT2D eigenvalue weighted by Crippen LogP contribution is 2.33. The van der Waals surface area contributed by atoms with E-state index in [1.807, 2.05) is 4.90 Å². The minimum Gasteiger partial charge on any atom is -0.480 e. The van der Waals surface area contributed by atoms with Crippen LogP contribution in [0, 0.1) is 5.92 Å². The highest BCUT2D eigenvalue weighted by Gasteiger charge is 2.37. The summed E-state index contributed by atoms with van der Waals surface area (Å²) < 4.78 is 28.8. The maximum atomic E-state index is 12.3. The van der Waals surface area contributed by atoms with E-state index >= 15 is 0 Å². The molecule has 2 aliphatic rings. The Morgan fingerprint density at radius 1 is 1.31 bits per heavy atom. The summed E-state index contributed by atoms with van der Waals surface area (Å²) in [6.07, 6.45) is 3.69. The molecule has 2 aliphatic carbocycles. The zero-order chi connectivity index (χ0) is 18.7. The van der Waals surface area contributed by atoms with Crippen molar-refractivity contribution in [1.82, 2.24) is 10.2 Å². The average molecular weight is 368 g/mol. The van der Waals surface area contributed by atoms with Crippen LogP contribution in [0.25, 0.3) is 0 Å². The number of carbonyl (C=O) groups excluding carboxylic acids is 1. The molecule has 0 radical (unpaired) electrons. The molecule has 6 nitrogen and oxygen atoms in total. The molecule has 0 unspecified atom stereocenters. The molecule has 1 aromatic carbocycles. The van der Waals surface area contributed by atoms with E-state index < -0.39 is 12.6 Å². The minimum absolute atomic E-state index is 0.0227. The maximum absolute atomic E-state index is 12.3. The molecule has 0 spiro atoms. The summed E-state index contributed by atoms with van der Waals surface area (Å²) in [6, 6.07) is 5.78. The Hall–Kier alpha value is -2.22. The molecular weight excluding hydrogens is 346 g/mol. The summed E-state index contributed by atoms with van der Waals surface area (Å²) in [6.45, 7) is -2.12. The van der Waals surface area contributed by atoms with Gasteiger partial charge in [0.25, 0.3) is 5.91 Å². The highest BCUT2D eigenvalue weighted by atomic mass is 19.3. The van der Waals surface area contributed by atoms with E-state index in [0.717, 1.165) is 19.4 Å². The van der Waals surface area contributed by atoms with E-state index in [1.54, 1.807) is 0 Å². The molecule has 0 aromatic heterocycles. The predicted octanol–water partition coefficient (Wildman–Crippen LogP) is 2.35. The molecule has 0 heterocycles. The third-order valence-corrected chi connectivity index (χ3v) is 4.81. The molecule has 2 fully saturated rings. The molecule has 1 amide bonds. The van der Waals surface area contributed by atoms with Crippen LogP contribution in [-0.4, -0.2) is 53.7 Å². The molecule has 0 atom stereocenters. The third-order valence-electron chi connectivity index (χ3n) is 4.81. The second kappa shape index (κ2) is 7.99. The Morgan fingerprint density at radius 2 is 2.04 bits per heavy atom. The Labute approximate surface area is 150 Å². The molecule has 8 heteroatoms. The number of nitrogens with one attached hydrogen (secondary N) is 1. The molecule has 0 aliphatic heterocycles. The second-order valence-corrected chi connectivity index (χ2v) is 6.97. The first kappa shape index (κ1) is 18.6. The number of benzene rings is 1. The summed E-state index contributed by atoms with van der Waals surface area (Å²) in [5.41, 5.74) is 0.256. The van der Waals surface area contributed by atoms with E-state index in [4.69, 9.17) is 5.11 Å². The molecule has 0 saturated heterocycles. The largest absolute Gasteiger partial charge is 0.480 e. The zero-order valence-electron chi connectivity index (χ0n) is 14.2. The van der Waals surface area contributed by atoms with E-state index in [2.05, 4.69) is 10.1 Å². The first-order chi connectivity index (χ1) is 12.4. The van der Waals surface area contributed by atoms with Crippen molar-refractivity contribution < 1.29 is 28.2 Å². The monoisotopic (exact) mass is 368 g/mol. The van der Waals surface area contributed by atoms with Crippen molar-refractivity contribution in [1.29, 1.82) is 0 Å². The van der Waals surface area contributed by atoms with Crippen molar-refractivity contribution in [2.45, 2.75) is 44.4 Å². The summed E-state index contributed by atoms with van der Waals surface area (Å²) in [7, 11) is 0. The van der Waals surface area contributed by atoms with Crippen LogP contribution in [0.15, 0.2) is 24.3 Å². The summed E-state index contributed by atoms with van der Waals surface area (Å²) in [5, 5.41) is 11.9. The topological polar surface area (TPSA) is 78.9 Å². The van der Waals surface area contributed by atoms with Gasteiger partial charge in [0.15, 0.2) is 0 Å². The van der Waals surface area contributed by atoms with E-state index in [9.17, 15) is 18.4 Å². The maximum Gasteiger partial charge on any atom is 0.387 e. The fourth-order valence-electron chi connectivity index (χ4n) is 3.23. The Kier molecular flexibility index (Phi) is 5.70. The van der Waals surface area contributed by atoms with Gasteiger partial charge in [-0.15, -0.1) is 0 Å². The highest BCUT2D eigenvalue weighted by molar-refractivity contribution is 5.94. The van der Waals surface area contributed by atoms with Gasteiger partial charge in [-0.1, -0.05) is 6.07 Å². The lowest BCUT2D eigenvalue weighted by Crippen LogP contribution is -2.55. The van der Waals surface area contributed by atoms with E-state index in [0.29, 0.717) is 18.8 Å². The van der Waals surface area contributed by atoms with Crippen LogP contribution >= 0.6 is 0 Å². The van der Waals surface area contributed by atoms with Crippen molar-refractivity contribution in [2.75, 3.05) is 13.1 Å². The van der Waals surface area contributed by atoms with Gasteiger partial charge in [-0.25, -0.2) is 0 Å². The Morgan fingerprint density at radius 3 is 2.65 bits per heavy atom. The lowest BCUT2D eigenvalue weighted by atomic mass is 9.85. The number of nitrogens with zero attached hydrogens (tertiary/aromatic N) is 1. The number of carboxylic acids is 1. The smallest absolute Gasteiger partial charge is 0.387 e. The van der Waals surface area contributed by atoms with Gasteiger partial charge in [-0.2, -0.15) is 8.78 Å². The first-order valence-electron chi connectivity index (χ1n) is 8.72. The van der Waals surface area contributed by atoms with E-state index in [-0.39, 0.29) is 35.8 Å². The van der Waals surface area contributed by atoms with Crippen LogP contribution in [-0.2, 0) is 4.79 Å². The van der Waals surface area contributed by atoms with Crippen LogP contribution in [0.2, 0.25) is 0 Å². The van der Waals surface area contributed by atoms with Gasteiger partial charge in [0, 0.05) is 24.2 Å². The second-order valence-electron chi connectivity index (χ2n) is 6.97.